The molecule has 1 heterocycles. The molecule has 6 heteroatoms. The number of hydrogen-bond acceptors (Lipinski definition) is 4. The Hall–Kier alpha value is -2.46. The van der Waals surface area contributed by atoms with Crippen molar-refractivity contribution in [2.24, 2.45) is 4.99 Å². The number of carbonyl (C=O) groups excluding carboxylic acids is 3. The number of isocyanates is 1. The molecule has 0 aliphatic carbocycles. The number of imide groups is 1. The fourth-order valence-electron chi connectivity index (χ4n) is 1.98. The molecule has 1 aliphatic rings. The molecule has 1 aliphatic heterocycles. The molecular formula is C13H13N3O3. The van der Waals surface area contributed by atoms with E-state index < -0.39 is 6.03 Å². The smallest absolute Gasteiger partial charge is 0.292 e. The van der Waals surface area contributed by atoms with Gasteiger partial charge in [0, 0.05) is 13.0 Å². The van der Waals surface area contributed by atoms with Crippen LogP contribution < -0.4 is 10.2 Å². The highest BCUT2D eigenvalue weighted by atomic mass is 16.2. The number of carbonyl (C=O) groups is 2. The molecule has 6 nitrogen and oxygen atoms in total. The minimum Gasteiger partial charge on any atom is -0.292 e. The van der Waals surface area contributed by atoms with Gasteiger partial charge >= 0.3 is 6.03 Å². The third-order valence-corrected chi connectivity index (χ3v) is 2.86. The van der Waals surface area contributed by atoms with Crippen LogP contribution >= 0.6 is 0 Å². The van der Waals surface area contributed by atoms with Crippen LogP contribution in [0.25, 0.3) is 0 Å². The van der Waals surface area contributed by atoms with Gasteiger partial charge in [0.1, 0.15) is 5.69 Å². The van der Waals surface area contributed by atoms with E-state index in [1.54, 1.807) is 12.1 Å². The van der Waals surface area contributed by atoms with Gasteiger partial charge in [0.05, 0.1) is 5.69 Å². The average molecular weight is 259 g/mol. The molecule has 0 aromatic heterocycles. The summed E-state index contributed by atoms with van der Waals surface area (Å²) in [6.45, 7) is 2.27. The van der Waals surface area contributed by atoms with E-state index in [0.717, 1.165) is 5.56 Å². The second-order valence-corrected chi connectivity index (χ2v) is 4.30. The first-order valence-corrected chi connectivity index (χ1v) is 5.91. The van der Waals surface area contributed by atoms with Gasteiger partial charge in [-0.05, 0) is 31.0 Å². The Labute approximate surface area is 110 Å². The van der Waals surface area contributed by atoms with E-state index in [4.69, 9.17) is 0 Å². The topological polar surface area (TPSA) is 78.8 Å². The van der Waals surface area contributed by atoms with Crippen molar-refractivity contribution in [3.05, 3.63) is 23.8 Å². The van der Waals surface area contributed by atoms with E-state index >= 15 is 0 Å². The minimum absolute atomic E-state index is 0.292. The highest BCUT2D eigenvalue weighted by Gasteiger charge is 2.23. The molecule has 1 aromatic carbocycles. The molecule has 0 radical (unpaired) electrons. The minimum atomic E-state index is -0.492. The number of aliphatic imine (C=N–C) groups is 1. The zero-order chi connectivity index (χ0) is 13.8. The number of benzene rings is 1. The quantitative estimate of drug-likeness (QED) is 0.649. The Bertz CT molecular complexity index is 576. The van der Waals surface area contributed by atoms with Gasteiger partial charge < -0.3 is 0 Å². The van der Waals surface area contributed by atoms with E-state index in [2.05, 4.69) is 10.3 Å². The summed E-state index contributed by atoms with van der Waals surface area (Å²) in [4.78, 5) is 38.7. The summed E-state index contributed by atoms with van der Waals surface area (Å²) in [6.07, 6.45) is 2.35. The molecule has 1 fully saturated rings. The first-order chi connectivity index (χ1) is 9.11. The van der Waals surface area contributed by atoms with E-state index in [1.165, 1.54) is 11.0 Å². The van der Waals surface area contributed by atoms with Crippen LogP contribution in [-0.2, 0) is 9.59 Å². The molecule has 98 valence electrons. The number of rotatable bonds is 2. The summed E-state index contributed by atoms with van der Waals surface area (Å²) in [5.74, 6) is -0.292. The summed E-state index contributed by atoms with van der Waals surface area (Å²) < 4.78 is 0. The third kappa shape index (κ3) is 2.86. The van der Waals surface area contributed by atoms with Gasteiger partial charge in [-0.3, -0.25) is 15.0 Å². The molecule has 0 saturated carbocycles. The van der Waals surface area contributed by atoms with Crippen molar-refractivity contribution < 1.29 is 14.4 Å². The van der Waals surface area contributed by atoms with Gasteiger partial charge in [-0.25, -0.2) is 9.59 Å². The normalized spacial score (nSPS) is 15.5. The van der Waals surface area contributed by atoms with E-state index in [-0.39, 0.29) is 5.91 Å². The van der Waals surface area contributed by atoms with Crippen LogP contribution in [0, 0.1) is 6.92 Å². The van der Waals surface area contributed by atoms with Gasteiger partial charge in [0.25, 0.3) is 0 Å². The fraction of sp³-hybridized carbons (Fsp3) is 0.308. The van der Waals surface area contributed by atoms with Crippen molar-refractivity contribution in [3.8, 4) is 0 Å². The molecule has 0 spiro atoms. The summed E-state index contributed by atoms with van der Waals surface area (Å²) in [6, 6.07) is 4.73. The van der Waals surface area contributed by atoms with Gasteiger partial charge in [-0.2, -0.15) is 4.99 Å². The first-order valence-electron chi connectivity index (χ1n) is 5.91. The van der Waals surface area contributed by atoms with Crippen LogP contribution in [0.15, 0.2) is 23.2 Å². The van der Waals surface area contributed by atoms with E-state index in [9.17, 15) is 14.4 Å². The maximum Gasteiger partial charge on any atom is 0.328 e. The fourth-order valence-corrected chi connectivity index (χ4v) is 1.98. The molecular weight excluding hydrogens is 246 g/mol. The lowest BCUT2D eigenvalue weighted by Crippen LogP contribution is -2.40. The van der Waals surface area contributed by atoms with Gasteiger partial charge in [0.2, 0.25) is 12.0 Å². The Morgan fingerprint density at radius 2 is 2.16 bits per heavy atom. The zero-order valence-electron chi connectivity index (χ0n) is 10.5. The number of anilines is 1. The number of amides is 3. The molecule has 0 unspecified atom stereocenters. The molecule has 1 aromatic rings. The maximum atomic E-state index is 11.9. The Balaban J connectivity index is 2.42. The van der Waals surface area contributed by atoms with Crippen LogP contribution in [0.3, 0.4) is 0 Å². The SMILES string of the molecule is Cc1ccc(N2CCCC(=O)NC2=O)c(N=C=O)c1. The standard InChI is InChI=1S/C13H13N3O3/c1-9-4-5-11(10(7-9)14-8-17)16-6-2-3-12(18)15-13(16)19/h4-5,7H,2-3,6H2,1H3,(H,15,18,19). The monoisotopic (exact) mass is 259 g/mol. The van der Waals surface area contributed by atoms with Gasteiger partial charge in [-0.15, -0.1) is 0 Å². The Morgan fingerprint density at radius 1 is 1.37 bits per heavy atom. The van der Waals surface area contributed by atoms with Crippen molar-refractivity contribution in [2.45, 2.75) is 19.8 Å². The Kier molecular flexibility index (Phi) is 3.73. The predicted molar refractivity (Wildman–Crippen MR) is 69.1 cm³/mol. The van der Waals surface area contributed by atoms with Crippen molar-refractivity contribution in [2.75, 3.05) is 11.4 Å². The maximum absolute atomic E-state index is 11.9. The highest BCUT2D eigenvalue weighted by molar-refractivity contribution is 6.05. The first kappa shape index (κ1) is 13.0. The molecule has 2 rings (SSSR count). The number of nitrogens with zero attached hydrogens (tertiary/aromatic N) is 2. The van der Waals surface area contributed by atoms with Crippen LogP contribution in [0.2, 0.25) is 0 Å². The summed E-state index contributed by atoms with van der Waals surface area (Å²) in [7, 11) is 0. The van der Waals surface area contributed by atoms with Crippen LogP contribution in [0.1, 0.15) is 18.4 Å². The Morgan fingerprint density at radius 3 is 2.89 bits per heavy atom. The molecule has 0 bridgehead atoms. The number of aryl methyl sites for hydroxylation is 1. The van der Waals surface area contributed by atoms with Crippen molar-refractivity contribution in [1.29, 1.82) is 0 Å². The summed E-state index contributed by atoms with van der Waals surface area (Å²) in [5, 5.41) is 2.28. The lowest BCUT2D eigenvalue weighted by molar-refractivity contribution is -0.119. The van der Waals surface area contributed by atoms with Crippen molar-refractivity contribution in [3.63, 3.8) is 0 Å². The average Bonchev–Trinajstić information content (AvgIpc) is 2.51. The number of hydrogen-bond donors (Lipinski definition) is 1. The zero-order valence-corrected chi connectivity index (χ0v) is 10.5. The van der Waals surface area contributed by atoms with Crippen molar-refractivity contribution >= 4 is 29.4 Å². The molecule has 3 amide bonds. The van der Waals surface area contributed by atoms with Gasteiger partial charge in [0.15, 0.2) is 0 Å². The van der Waals surface area contributed by atoms with Gasteiger partial charge in [-0.1, -0.05) is 6.07 Å². The van der Waals surface area contributed by atoms with E-state index in [0.29, 0.717) is 30.8 Å². The van der Waals surface area contributed by atoms with Crippen LogP contribution in [-0.4, -0.2) is 24.6 Å². The summed E-state index contributed by atoms with van der Waals surface area (Å²) >= 11 is 0. The highest BCUT2D eigenvalue weighted by Crippen LogP contribution is 2.30. The molecule has 19 heavy (non-hydrogen) atoms. The second kappa shape index (κ2) is 5.46. The van der Waals surface area contributed by atoms with E-state index in [1.807, 2.05) is 13.0 Å². The summed E-state index contributed by atoms with van der Waals surface area (Å²) in [5.41, 5.74) is 1.80. The number of nitrogens with one attached hydrogen (secondary N) is 1. The van der Waals surface area contributed by atoms with Crippen LogP contribution in [0.4, 0.5) is 16.2 Å². The second-order valence-electron chi connectivity index (χ2n) is 4.30. The predicted octanol–water partition coefficient (Wildman–Crippen LogP) is 1.80. The molecule has 1 saturated heterocycles. The lowest BCUT2D eigenvalue weighted by Gasteiger charge is -2.21. The lowest BCUT2D eigenvalue weighted by atomic mass is 10.1. The molecule has 0 atom stereocenters. The van der Waals surface area contributed by atoms with Crippen molar-refractivity contribution in [1.82, 2.24) is 5.32 Å². The molecule has 1 N–H and O–H groups in total. The van der Waals surface area contributed by atoms with Crippen LogP contribution in [0.5, 0.6) is 0 Å². The third-order valence-electron chi connectivity index (χ3n) is 2.86. The number of urea groups is 1. The largest absolute Gasteiger partial charge is 0.328 e.